The van der Waals surface area contributed by atoms with Crippen molar-refractivity contribution in [3.8, 4) is 0 Å². The first-order valence-electron chi connectivity index (χ1n) is 8.46. The van der Waals surface area contributed by atoms with Crippen LogP contribution in [0.3, 0.4) is 0 Å². The molecule has 144 valence electrons. The van der Waals surface area contributed by atoms with Crippen LogP contribution in [-0.4, -0.2) is 37.3 Å². The molecule has 3 rings (SSSR count). The maximum absolute atomic E-state index is 13.0. The molecular weight excluding hydrogens is 370 g/mol. The highest BCUT2D eigenvalue weighted by atomic mass is 32.2. The van der Waals surface area contributed by atoms with Crippen molar-refractivity contribution in [3.05, 3.63) is 75.8 Å². The summed E-state index contributed by atoms with van der Waals surface area (Å²) in [5.74, 6) is 0. The van der Waals surface area contributed by atoms with Crippen LogP contribution in [0, 0.1) is 10.1 Å². The van der Waals surface area contributed by atoms with Crippen LogP contribution < -0.4 is 4.72 Å². The largest absolute Gasteiger partial charge is 0.297 e. The van der Waals surface area contributed by atoms with Crippen LogP contribution in [0.4, 0.5) is 5.69 Å². The molecule has 0 bridgehead atoms. The van der Waals surface area contributed by atoms with Crippen molar-refractivity contribution in [2.45, 2.75) is 24.3 Å². The van der Waals surface area contributed by atoms with E-state index in [9.17, 15) is 18.5 Å². The van der Waals surface area contributed by atoms with Gasteiger partial charge in [0.1, 0.15) is 5.25 Å². The maximum atomic E-state index is 13.0. The van der Waals surface area contributed by atoms with Crippen LogP contribution in [-0.2, 0) is 14.9 Å². The zero-order valence-electron chi connectivity index (χ0n) is 15.0. The highest BCUT2D eigenvalue weighted by Crippen LogP contribution is 2.38. The summed E-state index contributed by atoms with van der Waals surface area (Å²) in [6, 6.07) is 14.1. The average molecular weight is 391 g/mol. The number of hydroxylamine groups is 2. The van der Waals surface area contributed by atoms with Gasteiger partial charge in [0, 0.05) is 19.2 Å². The molecule has 1 N–H and O–H groups in total. The molecule has 0 saturated carbocycles. The van der Waals surface area contributed by atoms with Crippen LogP contribution in [0.1, 0.15) is 30.1 Å². The normalized spacial score (nSPS) is 21.9. The van der Waals surface area contributed by atoms with Gasteiger partial charge in [0.2, 0.25) is 10.0 Å². The Morgan fingerprint density at radius 1 is 1.19 bits per heavy atom. The second-order valence-corrected chi connectivity index (χ2v) is 8.37. The van der Waals surface area contributed by atoms with Crippen LogP contribution in [0.2, 0.25) is 0 Å². The molecule has 0 unspecified atom stereocenters. The van der Waals surface area contributed by atoms with E-state index in [4.69, 9.17) is 4.84 Å². The third kappa shape index (κ3) is 4.01. The third-order valence-corrected chi connectivity index (χ3v) is 6.55. The van der Waals surface area contributed by atoms with Crippen molar-refractivity contribution >= 4 is 15.7 Å². The number of nitro benzene ring substituents is 1. The molecule has 2 aromatic rings. The molecule has 1 aliphatic heterocycles. The summed E-state index contributed by atoms with van der Waals surface area (Å²) in [5, 5.41) is 11.8. The molecular formula is C18H21N3O5S. The van der Waals surface area contributed by atoms with E-state index in [0.29, 0.717) is 5.56 Å². The van der Waals surface area contributed by atoms with Gasteiger partial charge in [-0.15, -0.1) is 0 Å². The van der Waals surface area contributed by atoms with E-state index in [1.807, 2.05) is 30.3 Å². The van der Waals surface area contributed by atoms with Crippen LogP contribution in [0.5, 0.6) is 0 Å². The van der Waals surface area contributed by atoms with Gasteiger partial charge in [-0.05, 0) is 12.5 Å². The molecule has 2 aromatic carbocycles. The Balaban J connectivity index is 1.92. The smallest absolute Gasteiger partial charge is 0.274 e. The SMILES string of the molecule is C[C@H](NS(=O)(=O)[C@@H]1CON(C)[C@@H]1c1ccccc1[N+](=O)[O-])c1ccccc1. The van der Waals surface area contributed by atoms with E-state index in [1.165, 1.54) is 11.1 Å². The summed E-state index contributed by atoms with van der Waals surface area (Å²) in [5.41, 5.74) is 1.01. The van der Waals surface area contributed by atoms with Gasteiger partial charge in [-0.3, -0.25) is 15.0 Å². The summed E-state index contributed by atoms with van der Waals surface area (Å²) in [6.45, 7) is 1.68. The predicted molar refractivity (Wildman–Crippen MR) is 100 cm³/mol. The first-order chi connectivity index (χ1) is 12.8. The molecule has 0 amide bonds. The minimum absolute atomic E-state index is 0.0793. The first-order valence-corrected chi connectivity index (χ1v) is 10.0. The Morgan fingerprint density at radius 3 is 2.48 bits per heavy atom. The summed E-state index contributed by atoms with van der Waals surface area (Å²) in [7, 11) is -2.24. The molecule has 27 heavy (non-hydrogen) atoms. The van der Waals surface area contributed by atoms with Gasteiger partial charge in [0.25, 0.3) is 5.69 Å². The van der Waals surface area contributed by atoms with Crippen molar-refractivity contribution in [2.75, 3.05) is 13.7 Å². The van der Waals surface area contributed by atoms with Crippen molar-refractivity contribution in [2.24, 2.45) is 0 Å². The number of sulfonamides is 1. The minimum Gasteiger partial charge on any atom is -0.297 e. The molecule has 8 nitrogen and oxygen atoms in total. The Kier molecular flexibility index (Phi) is 5.56. The number of benzene rings is 2. The summed E-state index contributed by atoms with van der Waals surface area (Å²) in [6.07, 6.45) is 0. The number of nitro groups is 1. The monoisotopic (exact) mass is 391 g/mol. The van der Waals surface area contributed by atoms with E-state index in [2.05, 4.69) is 4.72 Å². The van der Waals surface area contributed by atoms with Crippen molar-refractivity contribution in [3.63, 3.8) is 0 Å². The quantitative estimate of drug-likeness (QED) is 0.600. The molecule has 1 heterocycles. The highest BCUT2D eigenvalue weighted by molar-refractivity contribution is 7.90. The van der Waals surface area contributed by atoms with Crippen molar-refractivity contribution in [1.82, 2.24) is 9.79 Å². The first kappa shape index (κ1) is 19.4. The van der Waals surface area contributed by atoms with Gasteiger partial charge >= 0.3 is 0 Å². The van der Waals surface area contributed by atoms with Crippen LogP contribution >= 0.6 is 0 Å². The van der Waals surface area contributed by atoms with Gasteiger partial charge in [0.05, 0.1) is 23.1 Å². The molecule has 1 fully saturated rings. The third-order valence-electron chi connectivity index (χ3n) is 4.68. The standard InChI is InChI=1S/C18H21N3O5S/c1-13(14-8-4-3-5-9-14)19-27(24,25)17-12-26-20(2)18(17)15-10-6-7-11-16(15)21(22)23/h3-11,13,17-19H,12H2,1-2H3/t13-,17+,18+/m0/s1. The van der Waals surface area contributed by atoms with Gasteiger partial charge in [-0.25, -0.2) is 13.1 Å². The molecule has 3 atom stereocenters. The van der Waals surface area contributed by atoms with Crippen molar-refractivity contribution < 1.29 is 18.2 Å². The Hall–Kier alpha value is -2.33. The summed E-state index contributed by atoms with van der Waals surface area (Å²) < 4.78 is 28.8. The molecule has 0 radical (unpaired) electrons. The van der Waals surface area contributed by atoms with Gasteiger partial charge in [0.15, 0.2) is 0 Å². The fourth-order valence-corrected chi connectivity index (χ4v) is 5.00. The van der Waals surface area contributed by atoms with E-state index < -0.39 is 32.3 Å². The average Bonchev–Trinajstić information content (AvgIpc) is 3.04. The fourth-order valence-electron chi connectivity index (χ4n) is 3.30. The van der Waals surface area contributed by atoms with E-state index >= 15 is 0 Å². The lowest BCUT2D eigenvalue weighted by Crippen LogP contribution is -2.40. The Bertz CT molecular complexity index is 920. The number of rotatable bonds is 6. The topological polar surface area (TPSA) is 102 Å². The zero-order valence-corrected chi connectivity index (χ0v) is 15.8. The lowest BCUT2D eigenvalue weighted by Gasteiger charge is -2.24. The summed E-state index contributed by atoms with van der Waals surface area (Å²) >= 11 is 0. The van der Waals surface area contributed by atoms with Crippen molar-refractivity contribution in [1.29, 1.82) is 0 Å². The molecule has 0 aromatic heterocycles. The van der Waals surface area contributed by atoms with Gasteiger partial charge < -0.3 is 0 Å². The molecule has 1 saturated heterocycles. The summed E-state index contributed by atoms with van der Waals surface area (Å²) in [4.78, 5) is 16.3. The van der Waals surface area contributed by atoms with Gasteiger partial charge in [-0.1, -0.05) is 48.5 Å². The lowest BCUT2D eigenvalue weighted by atomic mass is 10.0. The number of hydrogen-bond donors (Lipinski definition) is 1. The number of hydrogen-bond acceptors (Lipinski definition) is 6. The van der Waals surface area contributed by atoms with Crippen LogP contribution in [0.15, 0.2) is 54.6 Å². The second-order valence-electron chi connectivity index (χ2n) is 6.44. The van der Waals surface area contributed by atoms with Gasteiger partial charge in [-0.2, -0.15) is 5.06 Å². The Labute approximate surface area is 157 Å². The van der Waals surface area contributed by atoms with E-state index in [1.54, 1.807) is 32.2 Å². The molecule has 0 aliphatic carbocycles. The molecule has 0 spiro atoms. The zero-order chi connectivity index (χ0) is 19.6. The molecule has 1 aliphatic rings. The van der Waals surface area contributed by atoms with Crippen LogP contribution in [0.25, 0.3) is 0 Å². The van der Waals surface area contributed by atoms with E-state index in [-0.39, 0.29) is 12.3 Å². The Morgan fingerprint density at radius 2 is 1.81 bits per heavy atom. The maximum Gasteiger partial charge on any atom is 0.274 e. The number of nitrogens with one attached hydrogen (secondary N) is 1. The second kappa shape index (κ2) is 7.73. The predicted octanol–water partition coefficient (Wildman–Crippen LogP) is 2.56. The number of nitrogens with zero attached hydrogens (tertiary/aromatic N) is 2. The number of para-hydroxylation sites is 1. The molecule has 9 heteroatoms. The minimum atomic E-state index is -3.82. The lowest BCUT2D eigenvalue weighted by molar-refractivity contribution is -0.386. The highest BCUT2D eigenvalue weighted by Gasteiger charge is 2.45. The fraction of sp³-hybridized carbons (Fsp3) is 0.333. The van der Waals surface area contributed by atoms with E-state index in [0.717, 1.165) is 5.56 Å².